The van der Waals surface area contributed by atoms with Crippen LogP contribution < -0.4 is 5.32 Å². The van der Waals surface area contributed by atoms with E-state index in [4.69, 9.17) is 0 Å². The first kappa shape index (κ1) is 17.8. The molecule has 24 heavy (non-hydrogen) atoms. The van der Waals surface area contributed by atoms with Crippen molar-refractivity contribution in [3.8, 4) is 0 Å². The molecule has 1 aromatic rings. The van der Waals surface area contributed by atoms with Crippen molar-refractivity contribution in [1.82, 2.24) is 4.90 Å². The van der Waals surface area contributed by atoms with Crippen molar-refractivity contribution < 1.29 is 18.9 Å². The molecule has 0 radical (unpaired) electrons. The predicted molar refractivity (Wildman–Crippen MR) is 85.9 cm³/mol. The molecule has 1 saturated heterocycles. The number of likely N-dealkylation sites (tertiary alicyclic amines) is 1. The number of anilines is 1. The molecule has 1 aliphatic heterocycles. The first-order chi connectivity index (χ1) is 11.4. The number of piperidine rings is 1. The highest BCUT2D eigenvalue weighted by molar-refractivity contribution is 5.97. The van der Waals surface area contributed by atoms with Crippen molar-refractivity contribution in [3.05, 3.63) is 34.1 Å². The zero-order valence-corrected chi connectivity index (χ0v) is 13.5. The van der Waals surface area contributed by atoms with E-state index in [9.17, 15) is 24.1 Å². The summed E-state index contributed by atoms with van der Waals surface area (Å²) in [5.74, 6) is -1.37. The zero-order chi connectivity index (χ0) is 17.7. The summed E-state index contributed by atoms with van der Waals surface area (Å²) in [6, 6.07) is 2.28. The van der Waals surface area contributed by atoms with Gasteiger partial charge in [-0.3, -0.25) is 19.7 Å². The number of rotatable bonds is 5. The number of nitro benzene ring substituents is 1. The molecule has 0 spiro atoms. The Labute approximate surface area is 139 Å². The molecule has 0 unspecified atom stereocenters. The van der Waals surface area contributed by atoms with Gasteiger partial charge in [-0.1, -0.05) is 6.92 Å². The molecule has 1 N–H and O–H groups in total. The van der Waals surface area contributed by atoms with E-state index < -0.39 is 22.7 Å². The van der Waals surface area contributed by atoms with Gasteiger partial charge in [0, 0.05) is 25.1 Å². The Balaban J connectivity index is 2.16. The molecule has 0 bridgehead atoms. The van der Waals surface area contributed by atoms with Crippen molar-refractivity contribution in [2.24, 2.45) is 0 Å². The second-order valence-electron chi connectivity index (χ2n) is 5.76. The van der Waals surface area contributed by atoms with Crippen LogP contribution in [-0.2, 0) is 9.59 Å². The van der Waals surface area contributed by atoms with Gasteiger partial charge in [-0.2, -0.15) is 0 Å². The summed E-state index contributed by atoms with van der Waals surface area (Å²) in [6.07, 6.45) is 3.16. The largest absolute Gasteiger partial charge is 0.331 e. The van der Waals surface area contributed by atoms with Crippen LogP contribution in [0.4, 0.5) is 15.8 Å². The van der Waals surface area contributed by atoms with E-state index in [1.807, 2.05) is 6.92 Å². The molecular formula is C16H20FN3O4. The minimum Gasteiger partial charge on any atom is -0.331 e. The fraction of sp³-hybridized carbons (Fsp3) is 0.500. The number of carbonyl (C=O) groups is 2. The molecule has 1 fully saturated rings. The van der Waals surface area contributed by atoms with Crippen LogP contribution >= 0.6 is 0 Å². The normalized spacial score (nSPS) is 17.4. The molecule has 1 aliphatic rings. The molecule has 2 amide bonds. The summed E-state index contributed by atoms with van der Waals surface area (Å²) in [7, 11) is 0. The van der Waals surface area contributed by atoms with Gasteiger partial charge < -0.3 is 10.2 Å². The number of non-ortho nitro benzene ring substituents is 1. The van der Waals surface area contributed by atoms with E-state index >= 15 is 0 Å². The van der Waals surface area contributed by atoms with Crippen LogP contribution in [0.2, 0.25) is 0 Å². The first-order valence-corrected chi connectivity index (χ1v) is 7.98. The number of carbonyl (C=O) groups excluding carboxylic acids is 2. The second kappa shape index (κ2) is 7.85. The summed E-state index contributed by atoms with van der Waals surface area (Å²) < 4.78 is 13.8. The summed E-state index contributed by atoms with van der Waals surface area (Å²) in [4.78, 5) is 36.3. The van der Waals surface area contributed by atoms with Gasteiger partial charge in [0.05, 0.1) is 10.6 Å². The number of benzene rings is 1. The van der Waals surface area contributed by atoms with Gasteiger partial charge in [0.1, 0.15) is 11.9 Å². The Bertz CT molecular complexity index is 650. The number of amides is 2. The monoisotopic (exact) mass is 337 g/mol. The number of hydrogen-bond acceptors (Lipinski definition) is 4. The third-order valence-corrected chi connectivity index (χ3v) is 4.01. The molecule has 130 valence electrons. The molecule has 8 heteroatoms. The van der Waals surface area contributed by atoms with Gasteiger partial charge >= 0.3 is 0 Å². The highest BCUT2D eigenvalue weighted by Crippen LogP contribution is 2.24. The van der Waals surface area contributed by atoms with Gasteiger partial charge in [0.25, 0.3) is 5.69 Å². The van der Waals surface area contributed by atoms with Crippen LogP contribution in [0.15, 0.2) is 18.2 Å². The molecule has 0 aromatic heterocycles. The maximum absolute atomic E-state index is 13.8. The summed E-state index contributed by atoms with van der Waals surface area (Å²) in [5, 5.41) is 13.2. The van der Waals surface area contributed by atoms with Gasteiger partial charge in [-0.25, -0.2) is 4.39 Å². The van der Waals surface area contributed by atoms with E-state index in [-0.39, 0.29) is 17.3 Å². The number of nitrogens with zero attached hydrogens (tertiary/aromatic N) is 2. The standard InChI is InChI=1S/C16H20FN3O4/c1-2-5-15(21)19-9-4-3-6-14(19)16(22)18-13-10-11(20(23)24)7-8-12(13)17/h7-8,10,14H,2-6,9H2,1H3,(H,18,22)/t14-/m1/s1. The quantitative estimate of drug-likeness (QED) is 0.660. The lowest BCUT2D eigenvalue weighted by molar-refractivity contribution is -0.384. The number of hydrogen-bond donors (Lipinski definition) is 1. The Morgan fingerprint density at radius 2 is 2.17 bits per heavy atom. The smallest absolute Gasteiger partial charge is 0.271 e. The highest BCUT2D eigenvalue weighted by atomic mass is 19.1. The van der Waals surface area contributed by atoms with E-state index in [2.05, 4.69) is 5.32 Å². The van der Waals surface area contributed by atoms with Crippen LogP contribution in [-0.4, -0.2) is 34.2 Å². The third kappa shape index (κ3) is 4.06. The molecular weight excluding hydrogens is 317 g/mol. The third-order valence-electron chi connectivity index (χ3n) is 4.01. The van der Waals surface area contributed by atoms with Gasteiger partial charge in [0.15, 0.2) is 0 Å². The van der Waals surface area contributed by atoms with E-state index in [1.54, 1.807) is 0 Å². The highest BCUT2D eigenvalue weighted by Gasteiger charge is 2.32. The van der Waals surface area contributed by atoms with E-state index in [0.29, 0.717) is 25.8 Å². The molecule has 0 aliphatic carbocycles. The topological polar surface area (TPSA) is 92.6 Å². The summed E-state index contributed by atoms with van der Waals surface area (Å²) >= 11 is 0. The fourth-order valence-corrected chi connectivity index (χ4v) is 2.80. The van der Waals surface area contributed by atoms with Gasteiger partial charge in [-0.05, 0) is 31.7 Å². The van der Waals surface area contributed by atoms with Crippen LogP contribution in [0.3, 0.4) is 0 Å². The summed E-state index contributed by atoms with van der Waals surface area (Å²) in [5.41, 5.74) is -0.558. The molecule has 1 aromatic carbocycles. The van der Waals surface area contributed by atoms with Gasteiger partial charge in [-0.15, -0.1) is 0 Å². The molecule has 7 nitrogen and oxygen atoms in total. The lowest BCUT2D eigenvalue weighted by atomic mass is 10.0. The Morgan fingerprint density at radius 1 is 1.42 bits per heavy atom. The lowest BCUT2D eigenvalue weighted by Crippen LogP contribution is -2.50. The van der Waals surface area contributed by atoms with Crippen molar-refractivity contribution >= 4 is 23.2 Å². The minimum absolute atomic E-state index is 0.100. The van der Waals surface area contributed by atoms with E-state index in [0.717, 1.165) is 31.0 Å². The van der Waals surface area contributed by atoms with Crippen LogP contribution in [0.5, 0.6) is 0 Å². The Morgan fingerprint density at radius 3 is 2.83 bits per heavy atom. The zero-order valence-electron chi connectivity index (χ0n) is 13.5. The molecule has 0 saturated carbocycles. The average molecular weight is 337 g/mol. The molecule has 1 heterocycles. The number of nitro groups is 1. The van der Waals surface area contributed by atoms with Crippen LogP contribution in [0.25, 0.3) is 0 Å². The first-order valence-electron chi connectivity index (χ1n) is 7.98. The van der Waals surface area contributed by atoms with Crippen LogP contribution in [0, 0.1) is 15.9 Å². The van der Waals surface area contributed by atoms with Crippen molar-refractivity contribution in [2.45, 2.75) is 45.1 Å². The predicted octanol–water partition coefficient (Wildman–Crippen LogP) is 2.85. The van der Waals surface area contributed by atoms with Crippen molar-refractivity contribution in [2.75, 3.05) is 11.9 Å². The molecule has 1 atom stereocenters. The Kier molecular flexibility index (Phi) is 5.83. The number of halogens is 1. The van der Waals surface area contributed by atoms with Crippen LogP contribution in [0.1, 0.15) is 39.0 Å². The SMILES string of the molecule is CCCC(=O)N1CCCC[C@@H]1C(=O)Nc1cc([N+](=O)[O-])ccc1F. The fourth-order valence-electron chi connectivity index (χ4n) is 2.80. The van der Waals surface area contributed by atoms with Crippen molar-refractivity contribution in [3.63, 3.8) is 0 Å². The van der Waals surface area contributed by atoms with Gasteiger partial charge in [0.2, 0.25) is 11.8 Å². The lowest BCUT2D eigenvalue weighted by Gasteiger charge is -2.34. The maximum Gasteiger partial charge on any atom is 0.271 e. The minimum atomic E-state index is -0.754. The maximum atomic E-state index is 13.8. The average Bonchev–Trinajstić information content (AvgIpc) is 2.56. The van der Waals surface area contributed by atoms with E-state index in [1.165, 1.54) is 4.90 Å². The Hall–Kier alpha value is -2.51. The molecule has 2 rings (SSSR count). The number of nitrogens with one attached hydrogen (secondary N) is 1. The summed E-state index contributed by atoms with van der Waals surface area (Å²) in [6.45, 7) is 2.38. The second-order valence-corrected chi connectivity index (χ2v) is 5.76. The van der Waals surface area contributed by atoms with Crippen molar-refractivity contribution in [1.29, 1.82) is 0 Å².